The van der Waals surface area contributed by atoms with Crippen LogP contribution in [-0.2, 0) is 10.2 Å². The molecule has 1 aromatic rings. The maximum Gasteiger partial charge on any atom is 0.317 e. The van der Waals surface area contributed by atoms with Crippen molar-refractivity contribution in [2.24, 2.45) is 5.92 Å². The van der Waals surface area contributed by atoms with Gasteiger partial charge in [0.2, 0.25) is 0 Å². The zero-order valence-corrected chi connectivity index (χ0v) is 8.87. The summed E-state index contributed by atoms with van der Waals surface area (Å²) in [4.78, 5) is 11.2. The molecule has 0 aliphatic carbocycles. The zero-order chi connectivity index (χ0) is 10.9. The van der Waals surface area contributed by atoms with Crippen LogP contribution >= 0.6 is 0 Å². The van der Waals surface area contributed by atoms with Gasteiger partial charge in [-0.2, -0.15) is 0 Å². The molecule has 1 atom stereocenters. The van der Waals surface area contributed by atoms with Crippen LogP contribution in [0.15, 0.2) is 10.6 Å². The van der Waals surface area contributed by atoms with Crippen LogP contribution in [0.2, 0.25) is 0 Å². The van der Waals surface area contributed by atoms with Gasteiger partial charge in [-0.15, -0.1) is 0 Å². The van der Waals surface area contributed by atoms with Gasteiger partial charge in [0.15, 0.2) is 5.76 Å². The van der Waals surface area contributed by atoms with E-state index in [0.717, 1.165) is 0 Å². The number of carboxylic acids is 1. The molecule has 1 N–H and O–H groups in total. The number of rotatable bonds is 3. The summed E-state index contributed by atoms with van der Waals surface area (Å²) in [6.07, 6.45) is 0. The monoisotopic (exact) mass is 197 g/mol. The van der Waals surface area contributed by atoms with E-state index in [9.17, 15) is 9.90 Å². The molecule has 0 aliphatic heterocycles. The molecule has 0 aliphatic rings. The summed E-state index contributed by atoms with van der Waals surface area (Å²) < 4.78 is 5.02. The minimum absolute atomic E-state index is 0.0488. The molecule has 1 heterocycles. The molecular weight excluding hydrogens is 182 g/mol. The normalized spacial score (nSPS) is 15.5. The molecule has 0 bridgehead atoms. The lowest BCUT2D eigenvalue weighted by Crippen LogP contribution is -2.37. The Bertz CT molecular complexity index is 343. The molecule has 4 heteroatoms. The lowest BCUT2D eigenvalue weighted by molar-refractivity contribution is -0.145. The maximum absolute atomic E-state index is 11.2. The molecule has 14 heavy (non-hydrogen) atoms. The summed E-state index contributed by atoms with van der Waals surface area (Å²) in [7, 11) is 0. The Labute approximate surface area is 82.9 Å². The van der Waals surface area contributed by atoms with Gasteiger partial charge in [0.25, 0.3) is 0 Å². The van der Waals surface area contributed by atoms with Crippen molar-refractivity contribution in [3.8, 4) is 0 Å². The smallest absolute Gasteiger partial charge is 0.317 e. The Hall–Kier alpha value is -1.32. The molecule has 1 rings (SSSR count). The molecule has 1 unspecified atom stereocenters. The topological polar surface area (TPSA) is 63.3 Å². The number of hydrogen-bond acceptors (Lipinski definition) is 3. The second-order valence-electron chi connectivity index (χ2n) is 3.99. The third-order valence-electron chi connectivity index (χ3n) is 2.74. The third-order valence-corrected chi connectivity index (χ3v) is 2.74. The number of hydrogen-bond donors (Lipinski definition) is 1. The number of nitrogens with zero attached hydrogens (tertiary/aromatic N) is 1. The standard InChI is InChI=1S/C10H15NO3/c1-6(2)10(4,9(12)13)8-5-7(3)11-14-8/h5-6H,1-4H3,(H,12,13). The van der Waals surface area contributed by atoms with Gasteiger partial charge in [-0.3, -0.25) is 4.79 Å². The summed E-state index contributed by atoms with van der Waals surface area (Å²) in [5.74, 6) is -0.520. The van der Waals surface area contributed by atoms with E-state index in [1.165, 1.54) is 0 Å². The Morgan fingerprint density at radius 3 is 2.50 bits per heavy atom. The summed E-state index contributed by atoms with van der Waals surface area (Å²) in [6.45, 7) is 7.13. The van der Waals surface area contributed by atoms with Crippen LogP contribution in [0, 0.1) is 12.8 Å². The number of carboxylic acid groups (broad SMARTS) is 1. The average molecular weight is 197 g/mol. The van der Waals surface area contributed by atoms with Gasteiger partial charge in [-0.1, -0.05) is 19.0 Å². The molecular formula is C10H15NO3. The highest BCUT2D eigenvalue weighted by Crippen LogP contribution is 2.32. The minimum atomic E-state index is -0.999. The molecule has 78 valence electrons. The predicted molar refractivity (Wildman–Crippen MR) is 51.1 cm³/mol. The Balaban J connectivity index is 3.19. The lowest BCUT2D eigenvalue weighted by Gasteiger charge is -2.25. The highest BCUT2D eigenvalue weighted by Gasteiger charge is 2.42. The van der Waals surface area contributed by atoms with Crippen molar-refractivity contribution in [3.63, 3.8) is 0 Å². The van der Waals surface area contributed by atoms with Gasteiger partial charge < -0.3 is 9.63 Å². The first-order chi connectivity index (χ1) is 6.39. The first kappa shape index (κ1) is 10.8. The highest BCUT2D eigenvalue weighted by atomic mass is 16.5. The van der Waals surface area contributed by atoms with E-state index in [0.29, 0.717) is 11.5 Å². The molecule has 0 amide bonds. The number of aromatic nitrogens is 1. The van der Waals surface area contributed by atoms with Crippen LogP contribution in [0.5, 0.6) is 0 Å². The van der Waals surface area contributed by atoms with Crippen LogP contribution in [0.4, 0.5) is 0 Å². The Morgan fingerprint density at radius 2 is 2.21 bits per heavy atom. The summed E-state index contributed by atoms with van der Waals surface area (Å²) in [5, 5.41) is 12.9. The van der Waals surface area contributed by atoms with Crippen molar-refractivity contribution >= 4 is 5.97 Å². The highest BCUT2D eigenvalue weighted by molar-refractivity contribution is 5.80. The van der Waals surface area contributed by atoms with Crippen molar-refractivity contribution in [2.45, 2.75) is 33.1 Å². The van der Waals surface area contributed by atoms with Gasteiger partial charge in [-0.05, 0) is 19.8 Å². The SMILES string of the molecule is Cc1cc(C(C)(C(=O)O)C(C)C)on1. The van der Waals surface area contributed by atoms with Gasteiger partial charge in [0, 0.05) is 6.07 Å². The number of aryl methyl sites for hydroxylation is 1. The fourth-order valence-corrected chi connectivity index (χ4v) is 1.25. The number of aliphatic carboxylic acids is 1. The fourth-order valence-electron chi connectivity index (χ4n) is 1.25. The van der Waals surface area contributed by atoms with E-state index in [-0.39, 0.29) is 5.92 Å². The van der Waals surface area contributed by atoms with Crippen LogP contribution < -0.4 is 0 Å². The maximum atomic E-state index is 11.2. The molecule has 4 nitrogen and oxygen atoms in total. The van der Waals surface area contributed by atoms with E-state index in [2.05, 4.69) is 5.16 Å². The van der Waals surface area contributed by atoms with E-state index in [4.69, 9.17) is 4.52 Å². The van der Waals surface area contributed by atoms with Crippen LogP contribution in [-0.4, -0.2) is 16.2 Å². The quantitative estimate of drug-likeness (QED) is 0.804. The van der Waals surface area contributed by atoms with Crippen LogP contribution in [0.3, 0.4) is 0 Å². The fraction of sp³-hybridized carbons (Fsp3) is 0.600. The minimum Gasteiger partial charge on any atom is -0.480 e. The second kappa shape index (κ2) is 3.44. The van der Waals surface area contributed by atoms with Crippen molar-refractivity contribution in [1.82, 2.24) is 5.16 Å². The number of carbonyl (C=O) groups is 1. The molecule has 0 fully saturated rings. The average Bonchev–Trinajstić information content (AvgIpc) is 2.49. The zero-order valence-electron chi connectivity index (χ0n) is 8.87. The van der Waals surface area contributed by atoms with Gasteiger partial charge >= 0.3 is 5.97 Å². The molecule has 0 aromatic carbocycles. The van der Waals surface area contributed by atoms with Crippen molar-refractivity contribution in [1.29, 1.82) is 0 Å². The van der Waals surface area contributed by atoms with Gasteiger partial charge in [-0.25, -0.2) is 0 Å². The summed E-state index contributed by atoms with van der Waals surface area (Å²) >= 11 is 0. The van der Waals surface area contributed by atoms with E-state index < -0.39 is 11.4 Å². The van der Waals surface area contributed by atoms with Crippen molar-refractivity contribution < 1.29 is 14.4 Å². The predicted octanol–water partition coefficient (Wildman–Crippen LogP) is 1.98. The van der Waals surface area contributed by atoms with Crippen LogP contribution in [0.1, 0.15) is 32.2 Å². The largest absolute Gasteiger partial charge is 0.480 e. The Kier molecular flexibility index (Phi) is 2.64. The molecule has 0 saturated heterocycles. The van der Waals surface area contributed by atoms with Crippen molar-refractivity contribution in [2.75, 3.05) is 0 Å². The van der Waals surface area contributed by atoms with E-state index >= 15 is 0 Å². The molecule has 0 saturated carbocycles. The lowest BCUT2D eigenvalue weighted by atomic mass is 9.77. The van der Waals surface area contributed by atoms with Crippen molar-refractivity contribution in [3.05, 3.63) is 17.5 Å². The first-order valence-electron chi connectivity index (χ1n) is 4.56. The van der Waals surface area contributed by atoms with E-state index in [1.54, 1.807) is 19.9 Å². The third kappa shape index (κ3) is 1.52. The van der Waals surface area contributed by atoms with Gasteiger partial charge in [0.05, 0.1) is 5.69 Å². The molecule has 0 radical (unpaired) electrons. The summed E-state index contributed by atoms with van der Waals surface area (Å²) in [5.41, 5.74) is -0.297. The molecule has 1 aromatic heterocycles. The van der Waals surface area contributed by atoms with E-state index in [1.807, 2.05) is 13.8 Å². The van der Waals surface area contributed by atoms with Crippen LogP contribution in [0.25, 0.3) is 0 Å². The van der Waals surface area contributed by atoms with Gasteiger partial charge in [0.1, 0.15) is 5.41 Å². The Morgan fingerprint density at radius 1 is 1.64 bits per heavy atom. The summed E-state index contributed by atoms with van der Waals surface area (Å²) in [6, 6.07) is 1.67. The first-order valence-corrected chi connectivity index (χ1v) is 4.56. The molecule has 0 spiro atoms. The second-order valence-corrected chi connectivity index (χ2v) is 3.99.